The van der Waals surface area contributed by atoms with Crippen molar-refractivity contribution in [1.29, 1.82) is 0 Å². The number of fused-ring (bicyclic) bond motifs is 1. The number of carbonyl (C=O) groups is 2. The first-order valence-electron chi connectivity index (χ1n) is 9.23. The molecule has 4 rings (SSSR count). The minimum atomic E-state index is -0.953. The molecule has 2 amide bonds. The summed E-state index contributed by atoms with van der Waals surface area (Å²) in [5, 5.41) is 8.80. The summed E-state index contributed by atoms with van der Waals surface area (Å²) in [4.78, 5) is 44.7. The van der Waals surface area contributed by atoms with E-state index < -0.39 is 23.3 Å². The van der Waals surface area contributed by atoms with Crippen LogP contribution in [0, 0.1) is 6.92 Å². The normalized spacial score (nSPS) is 15.1. The molecule has 0 saturated heterocycles. The van der Waals surface area contributed by atoms with E-state index in [9.17, 15) is 14.4 Å². The lowest BCUT2D eigenvalue weighted by atomic mass is 9.92. The number of aromatic amines is 1. The second kappa shape index (κ2) is 8.00. The molecule has 2 heterocycles. The Balaban J connectivity index is 1.64. The Bertz CT molecular complexity index is 1210. The lowest BCUT2D eigenvalue weighted by molar-refractivity contribution is -0.123. The van der Waals surface area contributed by atoms with Crippen LogP contribution in [0.15, 0.2) is 53.3 Å². The number of anilines is 4. The summed E-state index contributed by atoms with van der Waals surface area (Å²) < 4.78 is 0. The number of halogens is 1. The molecule has 2 aromatic carbocycles. The van der Waals surface area contributed by atoms with Crippen LogP contribution in [0.3, 0.4) is 0 Å². The first-order valence-corrected chi connectivity index (χ1v) is 9.61. The van der Waals surface area contributed by atoms with Crippen molar-refractivity contribution in [3.8, 4) is 0 Å². The summed E-state index contributed by atoms with van der Waals surface area (Å²) in [6.45, 7) is 1.90. The van der Waals surface area contributed by atoms with Gasteiger partial charge >= 0.3 is 0 Å². The molecular formula is C21H18ClN5O3. The van der Waals surface area contributed by atoms with E-state index >= 15 is 0 Å². The summed E-state index contributed by atoms with van der Waals surface area (Å²) in [5.74, 6) is -1.60. The molecular weight excluding hydrogens is 406 g/mol. The molecule has 152 valence electrons. The second-order valence-corrected chi connectivity index (χ2v) is 7.41. The van der Waals surface area contributed by atoms with Gasteiger partial charge in [-0.25, -0.2) is 0 Å². The smallest absolute Gasteiger partial charge is 0.258 e. The minimum Gasteiger partial charge on any atom is -0.326 e. The molecule has 1 aliphatic heterocycles. The number of carbonyl (C=O) groups excluding carboxylic acids is 2. The van der Waals surface area contributed by atoms with Crippen molar-refractivity contribution in [3.05, 3.63) is 75.0 Å². The molecule has 0 radical (unpaired) electrons. The van der Waals surface area contributed by atoms with Crippen LogP contribution in [0.4, 0.5) is 23.1 Å². The van der Waals surface area contributed by atoms with Gasteiger partial charge in [-0.15, -0.1) is 0 Å². The largest absolute Gasteiger partial charge is 0.326 e. The molecule has 1 aliphatic rings. The third kappa shape index (κ3) is 4.18. The van der Waals surface area contributed by atoms with Crippen molar-refractivity contribution in [1.82, 2.24) is 9.97 Å². The topological polar surface area (TPSA) is 116 Å². The van der Waals surface area contributed by atoms with E-state index in [1.807, 2.05) is 25.1 Å². The fourth-order valence-corrected chi connectivity index (χ4v) is 3.50. The number of amides is 2. The van der Waals surface area contributed by atoms with E-state index in [0.717, 1.165) is 5.56 Å². The molecule has 1 aromatic heterocycles. The Morgan fingerprint density at radius 1 is 1.13 bits per heavy atom. The highest BCUT2D eigenvalue weighted by Gasteiger charge is 2.34. The monoisotopic (exact) mass is 423 g/mol. The zero-order chi connectivity index (χ0) is 21.3. The molecule has 8 nitrogen and oxygen atoms in total. The highest BCUT2D eigenvalue weighted by atomic mass is 35.5. The molecule has 0 bridgehead atoms. The fraction of sp³-hybridized carbons (Fsp3) is 0.143. The maximum absolute atomic E-state index is 12.9. The van der Waals surface area contributed by atoms with E-state index in [-0.39, 0.29) is 23.8 Å². The van der Waals surface area contributed by atoms with Gasteiger partial charge in [-0.3, -0.25) is 19.4 Å². The summed E-state index contributed by atoms with van der Waals surface area (Å²) in [5.41, 5.74) is 1.80. The quantitative estimate of drug-likeness (QED) is 0.512. The van der Waals surface area contributed by atoms with Crippen molar-refractivity contribution in [2.45, 2.75) is 19.3 Å². The summed E-state index contributed by atoms with van der Waals surface area (Å²) in [7, 11) is 0. The number of benzene rings is 2. The standard InChI is InChI=1S/C21H18ClN5O3/c1-11-4-2-6-13(8-11)23-19(29)15-10-16(28)25-18-17(15)20(30)27-21(26-18)24-14-7-3-5-12(22)9-14/h2-9,15H,10H2,1H3,(H,23,29)(H3,24,25,26,27,28,30). The molecule has 0 spiro atoms. The van der Waals surface area contributed by atoms with E-state index in [4.69, 9.17) is 11.6 Å². The molecule has 0 saturated carbocycles. The van der Waals surface area contributed by atoms with Crippen LogP contribution in [-0.2, 0) is 9.59 Å². The predicted octanol–water partition coefficient (Wildman–Crippen LogP) is 3.54. The molecule has 9 heteroatoms. The number of H-pyrrole nitrogens is 1. The van der Waals surface area contributed by atoms with Crippen molar-refractivity contribution in [3.63, 3.8) is 0 Å². The lowest BCUT2D eigenvalue weighted by Crippen LogP contribution is -2.36. The fourth-order valence-electron chi connectivity index (χ4n) is 3.31. The first kappa shape index (κ1) is 19.7. The summed E-state index contributed by atoms with van der Waals surface area (Å²) >= 11 is 5.97. The number of nitrogens with zero attached hydrogens (tertiary/aromatic N) is 1. The van der Waals surface area contributed by atoms with Crippen LogP contribution >= 0.6 is 11.6 Å². The van der Waals surface area contributed by atoms with E-state index in [1.54, 1.807) is 30.3 Å². The summed E-state index contributed by atoms with van der Waals surface area (Å²) in [6, 6.07) is 14.1. The highest BCUT2D eigenvalue weighted by molar-refractivity contribution is 6.30. The molecule has 4 N–H and O–H groups in total. The molecule has 3 aromatic rings. The van der Waals surface area contributed by atoms with E-state index in [2.05, 4.69) is 25.9 Å². The second-order valence-electron chi connectivity index (χ2n) is 6.98. The predicted molar refractivity (Wildman–Crippen MR) is 115 cm³/mol. The first-order chi connectivity index (χ1) is 14.4. The van der Waals surface area contributed by atoms with Gasteiger partial charge in [0.15, 0.2) is 0 Å². The van der Waals surface area contributed by atoms with Crippen molar-refractivity contribution in [2.75, 3.05) is 16.0 Å². The molecule has 30 heavy (non-hydrogen) atoms. The van der Waals surface area contributed by atoms with Gasteiger partial charge in [0.05, 0.1) is 11.5 Å². The maximum atomic E-state index is 12.9. The SMILES string of the molecule is Cc1cccc(NC(=O)C2CC(=O)Nc3nc(Nc4cccc(Cl)c4)[nH]c(=O)c32)c1. The zero-order valence-corrected chi connectivity index (χ0v) is 16.7. The maximum Gasteiger partial charge on any atom is 0.258 e. The Morgan fingerprint density at radius 2 is 1.90 bits per heavy atom. The number of aryl methyl sites for hydroxylation is 1. The number of nitrogens with one attached hydrogen (secondary N) is 4. The van der Waals surface area contributed by atoms with Gasteiger partial charge in [-0.2, -0.15) is 4.98 Å². The number of rotatable bonds is 4. The number of hydrogen-bond acceptors (Lipinski definition) is 5. The molecule has 0 aliphatic carbocycles. The minimum absolute atomic E-state index is 0.0592. The van der Waals surface area contributed by atoms with Gasteiger partial charge in [0.1, 0.15) is 5.82 Å². The van der Waals surface area contributed by atoms with Gasteiger partial charge < -0.3 is 16.0 Å². The van der Waals surface area contributed by atoms with Gasteiger partial charge in [0.25, 0.3) is 5.56 Å². The zero-order valence-electron chi connectivity index (χ0n) is 16.0. The van der Waals surface area contributed by atoms with Gasteiger partial charge in [0, 0.05) is 22.8 Å². The molecule has 1 atom stereocenters. The number of hydrogen-bond donors (Lipinski definition) is 4. The van der Waals surface area contributed by atoms with E-state index in [0.29, 0.717) is 16.4 Å². The van der Waals surface area contributed by atoms with Crippen LogP contribution in [0.5, 0.6) is 0 Å². The lowest BCUT2D eigenvalue weighted by Gasteiger charge is -2.23. The van der Waals surface area contributed by atoms with Gasteiger partial charge in [-0.1, -0.05) is 29.8 Å². The number of aromatic nitrogens is 2. The average molecular weight is 424 g/mol. The van der Waals surface area contributed by atoms with Gasteiger partial charge in [0.2, 0.25) is 17.8 Å². The Kier molecular flexibility index (Phi) is 5.24. The van der Waals surface area contributed by atoms with Crippen molar-refractivity contribution < 1.29 is 9.59 Å². The van der Waals surface area contributed by atoms with Crippen molar-refractivity contribution in [2.24, 2.45) is 0 Å². The molecule has 1 unspecified atom stereocenters. The Labute approximate surface area is 176 Å². The average Bonchev–Trinajstić information content (AvgIpc) is 2.67. The van der Waals surface area contributed by atoms with E-state index in [1.165, 1.54) is 0 Å². The Hall–Kier alpha value is -3.65. The van der Waals surface area contributed by atoms with Crippen LogP contribution in [0.1, 0.15) is 23.5 Å². The third-order valence-electron chi connectivity index (χ3n) is 4.64. The highest BCUT2D eigenvalue weighted by Crippen LogP contribution is 2.30. The molecule has 0 fully saturated rings. The summed E-state index contributed by atoms with van der Waals surface area (Å²) in [6.07, 6.45) is -0.142. The van der Waals surface area contributed by atoms with Crippen LogP contribution in [0.2, 0.25) is 5.02 Å². The third-order valence-corrected chi connectivity index (χ3v) is 4.88. The van der Waals surface area contributed by atoms with Crippen LogP contribution in [-0.4, -0.2) is 21.8 Å². The van der Waals surface area contributed by atoms with Crippen LogP contribution < -0.4 is 21.5 Å². The Morgan fingerprint density at radius 3 is 2.67 bits per heavy atom. The van der Waals surface area contributed by atoms with Crippen LogP contribution in [0.25, 0.3) is 0 Å². The van der Waals surface area contributed by atoms with Gasteiger partial charge in [-0.05, 0) is 42.8 Å². The van der Waals surface area contributed by atoms with Crippen molar-refractivity contribution >= 4 is 46.6 Å².